The summed E-state index contributed by atoms with van der Waals surface area (Å²) in [6.45, 7) is 1.28. The summed E-state index contributed by atoms with van der Waals surface area (Å²) < 4.78 is 0. The maximum absolute atomic E-state index is 11.8. The van der Waals surface area contributed by atoms with Crippen molar-refractivity contribution in [3.8, 4) is 0 Å². The first-order chi connectivity index (χ1) is 8.16. The molecular formula is C11H14N2O3S. The van der Waals surface area contributed by atoms with E-state index in [1.807, 2.05) is 11.4 Å². The van der Waals surface area contributed by atoms with Crippen molar-refractivity contribution < 1.29 is 14.7 Å². The average molecular weight is 254 g/mol. The van der Waals surface area contributed by atoms with Crippen LogP contribution in [0.3, 0.4) is 0 Å². The fourth-order valence-electron chi connectivity index (χ4n) is 1.85. The largest absolute Gasteiger partial charge is 0.480 e. The van der Waals surface area contributed by atoms with Crippen molar-refractivity contribution in [3.63, 3.8) is 0 Å². The standard InChI is InChI=1S/C11H14N2O3S/c14-10(5-12-6-11(15)16)13-3-1-9-8(7-13)2-4-17-9/h2,4,12H,1,3,5-7H2,(H,15,16). The average Bonchev–Trinajstić information content (AvgIpc) is 2.75. The molecule has 5 nitrogen and oxygen atoms in total. The lowest BCUT2D eigenvalue weighted by Crippen LogP contribution is -2.41. The van der Waals surface area contributed by atoms with E-state index in [9.17, 15) is 9.59 Å². The Hall–Kier alpha value is -1.40. The number of nitrogens with zero attached hydrogens (tertiary/aromatic N) is 1. The number of aliphatic carboxylic acids is 1. The molecule has 0 aliphatic carbocycles. The van der Waals surface area contributed by atoms with E-state index in [1.54, 1.807) is 16.2 Å². The molecule has 0 saturated carbocycles. The van der Waals surface area contributed by atoms with Gasteiger partial charge in [-0.15, -0.1) is 11.3 Å². The molecule has 0 fully saturated rings. The van der Waals surface area contributed by atoms with E-state index in [0.29, 0.717) is 6.54 Å². The van der Waals surface area contributed by atoms with Gasteiger partial charge in [-0.2, -0.15) is 0 Å². The Labute approximate surface area is 103 Å². The Morgan fingerprint density at radius 3 is 3.06 bits per heavy atom. The molecule has 0 radical (unpaired) electrons. The molecule has 0 spiro atoms. The summed E-state index contributed by atoms with van der Waals surface area (Å²) in [4.78, 5) is 25.2. The molecule has 0 saturated heterocycles. The van der Waals surface area contributed by atoms with Gasteiger partial charge in [-0.1, -0.05) is 0 Å². The third-order valence-electron chi connectivity index (χ3n) is 2.71. The van der Waals surface area contributed by atoms with Crippen molar-refractivity contribution in [2.75, 3.05) is 19.6 Å². The number of nitrogens with one attached hydrogen (secondary N) is 1. The summed E-state index contributed by atoms with van der Waals surface area (Å²) in [6, 6.07) is 2.05. The molecule has 1 aliphatic heterocycles. The zero-order valence-corrected chi connectivity index (χ0v) is 10.1. The lowest BCUT2D eigenvalue weighted by molar-refractivity contribution is -0.136. The van der Waals surface area contributed by atoms with Gasteiger partial charge in [0, 0.05) is 18.0 Å². The third-order valence-corrected chi connectivity index (χ3v) is 3.74. The summed E-state index contributed by atoms with van der Waals surface area (Å²) in [7, 11) is 0. The summed E-state index contributed by atoms with van der Waals surface area (Å²) in [5.74, 6) is -0.986. The molecule has 0 bridgehead atoms. The van der Waals surface area contributed by atoms with Crippen molar-refractivity contribution in [1.29, 1.82) is 0 Å². The Morgan fingerprint density at radius 2 is 2.29 bits per heavy atom. The number of carbonyl (C=O) groups excluding carboxylic acids is 1. The lowest BCUT2D eigenvalue weighted by Gasteiger charge is -2.27. The number of hydrogen-bond donors (Lipinski definition) is 2. The molecule has 1 aromatic heterocycles. The molecule has 6 heteroatoms. The Bertz CT molecular complexity index is 430. The minimum Gasteiger partial charge on any atom is -0.480 e. The molecule has 0 atom stereocenters. The fraction of sp³-hybridized carbons (Fsp3) is 0.455. The quantitative estimate of drug-likeness (QED) is 0.811. The molecule has 1 aromatic rings. The lowest BCUT2D eigenvalue weighted by atomic mass is 10.1. The molecular weight excluding hydrogens is 240 g/mol. The van der Waals surface area contributed by atoms with E-state index in [1.165, 1.54) is 10.4 Å². The number of carboxylic acids is 1. The van der Waals surface area contributed by atoms with Gasteiger partial charge in [-0.25, -0.2) is 0 Å². The van der Waals surface area contributed by atoms with Crippen molar-refractivity contribution in [3.05, 3.63) is 21.9 Å². The van der Waals surface area contributed by atoms with E-state index in [2.05, 4.69) is 5.32 Å². The van der Waals surface area contributed by atoms with Crippen LogP contribution in [0, 0.1) is 0 Å². The highest BCUT2D eigenvalue weighted by molar-refractivity contribution is 7.10. The first-order valence-corrected chi connectivity index (χ1v) is 6.30. The van der Waals surface area contributed by atoms with Gasteiger partial charge < -0.3 is 10.0 Å². The zero-order chi connectivity index (χ0) is 12.3. The second kappa shape index (κ2) is 5.29. The van der Waals surface area contributed by atoms with E-state index in [-0.39, 0.29) is 19.0 Å². The smallest absolute Gasteiger partial charge is 0.317 e. The minimum atomic E-state index is -0.948. The van der Waals surface area contributed by atoms with Gasteiger partial charge in [-0.05, 0) is 23.4 Å². The predicted molar refractivity (Wildman–Crippen MR) is 63.9 cm³/mol. The first kappa shape index (κ1) is 12.1. The van der Waals surface area contributed by atoms with Crippen LogP contribution in [0.1, 0.15) is 10.4 Å². The van der Waals surface area contributed by atoms with Crippen LogP contribution in [0.4, 0.5) is 0 Å². The maximum Gasteiger partial charge on any atom is 0.317 e. The van der Waals surface area contributed by atoms with Crippen molar-refractivity contribution in [2.45, 2.75) is 13.0 Å². The molecule has 2 N–H and O–H groups in total. The number of amides is 1. The van der Waals surface area contributed by atoms with Crippen LogP contribution < -0.4 is 5.32 Å². The predicted octanol–water partition coefficient (Wildman–Crippen LogP) is 0.307. The van der Waals surface area contributed by atoms with Crippen molar-refractivity contribution in [1.82, 2.24) is 10.2 Å². The molecule has 2 heterocycles. The number of fused-ring (bicyclic) bond motifs is 1. The summed E-state index contributed by atoms with van der Waals surface area (Å²) in [5, 5.41) is 13.1. The van der Waals surface area contributed by atoms with E-state index in [4.69, 9.17) is 5.11 Å². The van der Waals surface area contributed by atoms with Gasteiger partial charge in [0.2, 0.25) is 5.91 Å². The van der Waals surface area contributed by atoms with E-state index >= 15 is 0 Å². The molecule has 0 aromatic carbocycles. The molecule has 1 amide bonds. The van der Waals surface area contributed by atoms with Crippen LogP contribution in [-0.4, -0.2) is 41.5 Å². The molecule has 0 unspecified atom stereocenters. The Morgan fingerprint density at radius 1 is 1.47 bits per heavy atom. The van der Waals surface area contributed by atoms with Crippen LogP contribution in [0.2, 0.25) is 0 Å². The maximum atomic E-state index is 11.8. The summed E-state index contributed by atoms with van der Waals surface area (Å²) >= 11 is 1.73. The summed E-state index contributed by atoms with van der Waals surface area (Å²) in [6.07, 6.45) is 0.900. The number of thiophene rings is 1. The third kappa shape index (κ3) is 3.04. The first-order valence-electron chi connectivity index (χ1n) is 5.42. The highest BCUT2D eigenvalue weighted by Crippen LogP contribution is 2.23. The van der Waals surface area contributed by atoms with E-state index < -0.39 is 5.97 Å². The fourth-order valence-corrected chi connectivity index (χ4v) is 2.74. The number of carbonyl (C=O) groups is 2. The zero-order valence-electron chi connectivity index (χ0n) is 9.31. The van der Waals surface area contributed by atoms with Crippen molar-refractivity contribution in [2.24, 2.45) is 0 Å². The van der Waals surface area contributed by atoms with Gasteiger partial charge >= 0.3 is 5.97 Å². The number of carboxylic acid groups (broad SMARTS) is 1. The van der Waals surface area contributed by atoms with Crippen LogP contribution in [-0.2, 0) is 22.6 Å². The van der Waals surface area contributed by atoms with Crippen molar-refractivity contribution >= 4 is 23.2 Å². The topological polar surface area (TPSA) is 69.6 Å². The van der Waals surface area contributed by atoms with Gasteiger partial charge in [0.05, 0.1) is 13.1 Å². The second-order valence-electron chi connectivity index (χ2n) is 3.93. The SMILES string of the molecule is O=C(O)CNCC(=O)N1CCc2sccc2C1. The van der Waals surface area contributed by atoms with Gasteiger partial charge in [0.25, 0.3) is 0 Å². The summed E-state index contributed by atoms with van der Waals surface area (Å²) in [5.41, 5.74) is 1.22. The molecule has 17 heavy (non-hydrogen) atoms. The van der Waals surface area contributed by atoms with Gasteiger partial charge in [-0.3, -0.25) is 14.9 Å². The second-order valence-corrected chi connectivity index (χ2v) is 4.93. The van der Waals surface area contributed by atoms with Crippen LogP contribution in [0.25, 0.3) is 0 Å². The molecule has 92 valence electrons. The normalized spacial score (nSPS) is 14.5. The van der Waals surface area contributed by atoms with Gasteiger partial charge in [0.1, 0.15) is 0 Å². The van der Waals surface area contributed by atoms with Crippen LogP contribution in [0.15, 0.2) is 11.4 Å². The molecule has 2 rings (SSSR count). The minimum absolute atomic E-state index is 0.0388. The Kier molecular flexibility index (Phi) is 3.75. The van der Waals surface area contributed by atoms with E-state index in [0.717, 1.165) is 13.0 Å². The highest BCUT2D eigenvalue weighted by atomic mass is 32.1. The Balaban J connectivity index is 1.84. The molecule has 1 aliphatic rings. The van der Waals surface area contributed by atoms with Gasteiger partial charge in [0.15, 0.2) is 0 Å². The monoisotopic (exact) mass is 254 g/mol. The number of rotatable bonds is 4. The highest BCUT2D eigenvalue weighted by Gasteiger charge is 2.20. The van der Waals surface area contributed by atoms with Crippen LogP contribution in [0.5, 0.6) is 0 Å². The number of hydrogen-bond acceptors (Lipinski definition) is 4. The van der Waals surface area contributed by atoms with Crippen LogP contribution >= 0.6 is 11.3 Å².